The molecule has 0 aliphatic rings. The number of hydrogen-bond donors (Lipinski definition) is 2. The Morgan fingerprint density at radius 3 is 2.87 bits per heavy atom. The fraction of sp³-hybridized carbons (Fsp3) is 0.556. The van der Waals surface area contributed by atoms with Crippen LogP contribution < -0.4 is 5.32 Å². The molecule has 0 fully saturated rings. The number of aliphatic hydroxyl groups excluding tert-OH is 1. The molecule has 1 heterocycles. The van der Waals surface area contributed by atoms with Crippen LogP contribution in [0.5, 0.6) is 0 Å². The zero-order valence-electron chi connectivity index (χ0n) is 9.19. The first-order valence-corrected chi connectivity index (χ1v) is 4.68. The Balaban J connectivity index is 2.58. The van der Waals surface area contributed by atoms with E-state index in [1.807, 2.05) is 14.0 Å². The summed E-state index contributed by atoms with van der Waals surface area (Å²) in [7, 11) is 3.42. The zero-order valence-corrected chi connectivity index (χ0v) is 9.19. The highest BCUT2D eigenvalue weighted by Gasteiger charge is 2.09. The molecule has 0 aliphatic heterocycles. The largest absolute Gasteiger partial charge is 0.395 e. The Morgan fingerprint density at radius 1 is 1.73 bits per heavy atom. The Hall–Kier alpha value is -1.56. The van der Waals surface area contributed by atoms with E-state index in [-0.39, 0.29) is 12.6 Å². The third-order valence-electron chi connectivity index (χ3n) is 2.13. The summed E-state index contributed by atoms with van der Waals surface area (Å²) in [5.74, 6) is 0.518. The van der Waals surface area contributed by atoms with Gasteiger partial charge in [-0.15, -0.1) is 0 Å². The van der Waals surface area contributed by atoms with Crippen LogP contribution in [0, 0.1) is 6.92 Å². The van der Waals surface area contributed by atoms with Gasteiger partial charge in [-0.3, -0.25) is 10.00 Å². The highest BCUT2D eigenvalue weighted by molar-refractivity contribution is 5.88. The van der Waals surface area contributed by atoms with Gasteiger partial charge in [-0.05, 0) is 6.92 Å². The molecular formula is C9H16N4O2. The molecule has 0 unspecified atom stereocenters. The molecule has 1 rings (SSSR count). The number of aromatic nitrogens is 2. The van der Waals surface area contributed by atoms with Gasteiger partial charge in [0.05, 0.1) is 6.61 Å². The first-order chi connectivity index (χ1) is 7.04. The van der Waals surface area contributed by atoms with E-state index in [0.29, 0.717) is 12.4 Å². The van der Waals surface area contributed by atoms with Crippen LogP contribution >= 0.6 is 0 Å². The fourth-order valence-corrected chi connectivity index (χ4v) is 1.08. The van der Waals surface area contributed by atoms with Gasteiger partial charge in [0.15, 0.2) is 5.82 Å². The number of likely N-dealkylation sites (N-methyl/N-ethyl adjacent to an activating group) is 1. The molecule has 1 aromatic rings. The van der Waals surface area contributed by atoms with E-state index in [0.717, 1.165) is 5.69 Å². The third-order valence-corrected chi connectivity index (χ3v) is 2.13. The molecule has 15 heavy (non-hydrogen) atoms. The lowest BCUT2D eigenvalue weighted by Gasteiger charge is -2.15. The molecule has 0 radical (unpaired) electrons. The minimum Gasteiger partial charge on any atom is -0.395 e. The highest BCUT2D eigenvalue weighted by Crippen LogP contribution is 2.07. The van der Waals surface area contributed by atoms with E-state index in [9.17, 15) is 4.79 Å². The van der Waals surface area contributed by atoms with Gasteiger partial charge in [-0.25, -0.2) is 4.79 Å². The van der Waals surface area contributed by atoms with Crippen molar-refractivity contribution in [2.45, 2.75) is 6.92 Å². The average Bonchev–Trinajstić information content (AvgIpc) is 2.46. The second-order valence-corrected chi connectivity index (χ2v) is 3.37. The molecule has 2 amide bonds. The summed E-state index contributed by atoms with van der Waals surface area (Å²) in [5, 5.41) is 15.4. The number of rotatable bonds is 3. The molecule has 84 valence electrons. The van der Waals surface area contributed by atoms with E-state index in [1.165, 1.54) is 4.90 Å². The molecule has 0 spiro atoms. The van der Waals surface area contributed by atoms with Crippen LogP contribution in [0.4, 0.5) is 10.6 Å². The van der Waals surface area contributed by atoms with Crippen molar-refractivity contribution in [1.82, 2.24) is 14.7 Å². The summed E-state index contributed by atoms with van der Waals surface area (Å²) >= 11 is 0. The van der Waals surface area contributed by atoms with Crippen LogP contribution in [0.2, 0.25) is 0 Å². The number of aliphatic hydroxyl groups is 1. The van der Waals surface area contributed by atoms with Gasteiger partial charge in [0, 0.05) is 32.4 Å². The normalized spacial score (nSPS) is 10.1. The minimum atomic E-state index is -0.276. The van der Waals surface area contributed by atoms with Gasteiger partial charge in [-0.1, -0.05) is 0 Å². The monoisotopic (exact) mass is 212 g/mol. The summed E-state index contributed by atoms with van der Waals surface area (Å²) in [6.45, 7) is 2.16. The van der Waals surface area contributed by atoms with Crippen molar-refractivity contribution in [3.63, 3.8) is 0 Å². The summed E-state index contributed by atoms with van der Waals surface area (Å²) < 4.78 is 1.68. The Bertz CT molecular complexity index is 328. The van der Waals surface area contributed by atoms with Gasteiger partial charge in [-0.2, -0.15) is 5.10 Å². The predicted molar refractivity (Wildman–Crippen MR) is 56.7 cm³/mol. The van der Waals surface area contributed by atoms with Crippen molar-refractivity contribution in [3.05, 3.63) is 11.8 Å². The lowest BCUT2D eigenvalue weighted by molar-refractivity contribution is 0.202. The number of carbonyl (C=O) groups excluding carboxylic acids is 1. The van der Waals surface area contributed by atoms with Crippen LogP contribution in [-0.4, -0.2) is 46.0 Å². The van der Waals surface area contributed by atoms with Gasteiger partial charge in [0.1, 0.15) is 0 Å². The molecule has 0 aliphatic carbocycles. The third kappa shape index (κ3) is 2.95. The number of carbonyl (C=O) groups is 1. The molecule has 0 saturated heterocycles. The summed E-state index contributed by atoms with van der Waals surface area (Å²) in [4.78, 5) is 12.9. The fourth-order valence-electron chi connectivity index (χ4n) is 1.08. The van der Waals surface area contributed by atoms with Crippen molar-refractivity contribution >= 4 is 11.8 Å². The first-order valence-electron chi connectivity index (χ1n) is 4.68. The molecule has 2 N–H and O–H groups in total. The summed E-state index contributed by atoms with van der Waals surface area (Å²) in [5.41, 5.74) is 0.968. The number of aryl methyl sites for hydroxylation is 2. The second kappa shape index (κ2) is 4.79. The molecule has 0 atom stereocenters. The molecule has 6 heteroatoms. The van der Waals surface area contributed by atoms with Gasteiger partial charge < -0.3 is 10.0 Å². The quantitative estimate of drug-likeness (QED) is 0.751. The van der Waals surface area contributed by atoms with Crippen molar-refractivity contribution in [2.24, 2.45) is 7.05 Å². The molecule has 0 saturated carbocycles. The molecule has 0 bridgehead atoms. The van der Waals surface area contributed by atoms with Crippen molar-refractivity contribution in [3.8, 4) is 0 Å². The molecule has 6 nitrogen and oxygen atoms in total. The van der Waals surface area contributed by atoms with Crippen LogP contribution in [0.25, 0.3) is 0 Å². The van der Waals surface area contributed by atoms with E-state index < -0.39 is 0 Å². The number of urea groups is 1. The Labute approximate surface area is 88.5 Å². The predicted octanol–water partition coefficient (Wildman–Crippen LogP) is 0.185. The van der Waals surface area contributed by atoms with E-state index in [4.69, 9.17) is 5.11 Å². The lowest BCUT2D eigenvalue weighted by atomic mass is 10.4. The van der Waals surface area contributed by atoms with Crippen LogP contribution in [0.15, 0.2) is 6.07 Å². The maximum absolute atomic E-state index is 11.5. The number of amides is 2. The Morgan fingerprint density at radius 2 is 2.40 bits per heavy atom. The van der Waals surface area contributed by atoms with Crippen molar-refractivity contribution < 1.29 is 9.90 Å². The van der Waals surface area contributed by atoms with Crippen molar-refractivity contribution in [2.75, 3.05) is 25.5 Å². The standard InChI is InChI=1S/C9H16N4O2/c1-7-6-8(11-13(7)3)10-9(15)12(2)4-5-14/h6,14H,4-5H2,1-3H3,(H,10,11,15). The zero-order chi connectivity index (χ0) is 11.4. The smallest absolute Gasteiger partial charge is 0.322 e. The van der Waals surface area contributed by atoms with Gasteiger partial charge >= 0.3 is 6.03 Å². The minimum absolute atomic E-state index is 0.0504. The van der Waals surface area contributed by atoms with E-state index >= 15 is 0 Å². The first kappa shape index (κ1) is 11.5. The van der Waals surface area contributed by atoms with Crippen LogP contribution in [0.1, 0.15) is 5.69 Å². The maximum atomic E-state index is 11.5. The Kier molecular flexibility index (Phi) is 3.68. The molecule has 1 aromatic heterocycles. The van der Waals surface area contributed by atoms with Gasteiger partial charge in [0.25, 0.3) is 0 Å². The van der Waals surface area contributed by atoms with Crippen LogP contribution in [0.3, 0.4) is 0 Å². The number of hydrogen-bond acceptors (Lipinski definition) is 3. The SMILES string of the molecule is Cc1cc(NC(=O)N(C)CCO)nn1C. The lowest BCUT2D eigenvalue weighted by Crippen LogP contribution is -2.33. The number of nitrogens with zero attached hydrogens (tertiary/aromatic N) is 3. The molecule has 0 aromatic carbocycles. The number of nitrogens with one attached hydrogen (secondary N) is 1. The van der Waals surface area contributed by atoms with Crippen molar-refractivity contribution in [1.29, 1.82) is 0 Å². The van der Waals surface area contributed by atoms with Crippen LogP contribution in [-0.2, 0) is 7.05 Å². The summed E-state index contributed by atoms with van der Waals surface area (Å²) in [6, 6.07) is 1.51. The van der Waals surface area contributed by atoms with Gasteiger partial charge in [0.2, 0.25) is 0 Å². The second-order valence-electron chi connectivity index (χ2n) is 3.37. The maximum Gasteiger partial charge on any atom is 0.322 e. The van der Waals surface area contributed by atoms with E-state index in [1.54, 1.807) is 17.8 Å². The molecular weight excluding hydrogens is 196 g/mol. The topological polar surface area (TPSA) is 70.4 Å². The highest BCUT2D eigenvalue weighted by atomic mass is 16.3. The number of anilines is 1. The average molecular weight is 212 g/mol. The summed E-state index contributed by atoms with van der Waals surface area (Å²) in [6.07, 6.45) is 0. The van der Waals surface area contributed by atoms with E-state index in [2.05, 4.69) is 10.4 Å².